The zero-order chi connectivity index (χ0) is 20.1. The number of hydrogen-bond acceptors (Lipinski definition) is 3. The number of nitrogens with one attached hydrogen (secondary N) is 1. The second-order valence-corrected chi connectivity index (χ2v) is 8.45. The van der Waals surface area contributed by atoms with Crippen LogP contribution in [0.1, 0.15) is 62.5 Å². The first-order valence-corrected chi connectivity index (χ1v) is 11.0. The summed E-state index contributed by atoms with van der Waals surface area (Å²) in [5.41, 5.74) is 3.89. The van der Waals surface area contributed by atoms with Gasteiger partial charge >= 0.3 is 0 Å². The Bertz CT molecular complexity index is 850. The molecule has 1 saturated heterocycles. The first-order valence-electron chi connectivity index (χ1n) is 9.94. The number of amides is 2. The highest BCUT2D eigenvalue weighted by molar-refractivity contribution is 8.00. The van der Waals surface area contributed by atoms with E-state index in [2.05, 4.69) is 32.2 Å². The Kier molecular flexibility index (Phi) is 6.79. The van der Waals surface area contributed by atoms with Crippen molar-refractivity contribution in [1.29, 1.82) is 0 Å². The fourth-order valence-corrected chi connectivity index (χ4v) is 4.69. The summed E-state index contributed by atoms with van der Waals surface area (Å²) in [5, 5.41) is 2.91. The topological polar surface area (TPSA) is 49.4 Å². The van der Waals surface area contributed by atoms with E-state index in [9.17, 15) is 9.59 Å². The number of unbranched alkanes of at least 4 members (excludes halogenated alkanes) is 1. The molecule has 1 aliphatic heterocycles. The van der Waals surface area contributed by atoms with Crippen LogP contribution in [0, 0.1) is 0 Å². The normalized spacial score (nSPS) is 16.6. The van der Waals surface area contributed by atoms with Crippen LogP contribution in [0.5, 0.6) is 0 Å². The summed E-state index contributed by atoms with van der Waals surface area (Å²) in [4.78, 5) is 27.0. The third-order valence-electron chi connectivity index (χ3n) is 4.94. The van der Waals surface area contributed by atoms with Crippen molar-refractivity contribution in [2.45, 2.75) is 51.3 Å². The van der Waals surface area contributed by atoms with Crippen LogP contribution in [-0.4, -0.2) is 17.6 Å². The molecule has 5 heteroatoms. The number of nitrogens with zero attached hydrogens (tertiary/aromatic N) is 1. The van der Waals surface area contributed by atoms with Crippen molar-refractivity contribution in [3.8, 4) is 0 Å². The summed E-state index contributed by atoms with van der Waals surface area (Å²) in [6.07, 6.45) is 2.38. The monoisotopic (exact) mass is 396 g/mol. The van der Waals surface area contributed by atoms with Gasteiger partial charge in [-0.1, -0.05) is 63.6 Å². The number of thioether (sulfide) groups is 1. The lowest BCUT2D eigenvalue weighted by atomic mass is 10.00. The van der Waals surface area contributed by atoms with Crippen molar-refractivity contribution in [2.75, 3.05) is 16.0 Å². The Balaban J connectivity index is 1.95. The molecule has 2 aromatic carbocycles. The molecule has 0 radical (unpaired) electrons. The van der Waals surface area contributed by atoms with Crippen molar-refractivity contribution in [3.63, 3.8) is 0 Å². The summed E-state index contributed by atoms with van der Waals surface area (Å²) in [7, 11) is 0. The summed E-state index contributed by atoms with van der Waals surface area (Å²) in [6.45, 7) is 6.36. The SMILES string of the molecule is CCCCC(=O)Nc1ccccc1C1SCC(=O)N1c1ccccc1C(C)C. The molecule has 1 N–H and O–H groups in total. The Labute approximate surface area is 171 Å². The van der Waals surface area contributed by atoms with E-state index in [1.807, 2.05) is 47.4 Å². The van der Waals surface area contributed by atoms with Crippen LogP contribution in [0.3, 0.4) is 0 Å². The Hall–Kier alpha value is -2.27. The highest BCUT2D eigenvalue weighted by Crippen LogP contribution is 2.46. The minimum absolute atomic E-state index is 0.0257. The van der Waals surface area contributed by atoms with Gasteiger partial charge in [0.05, 0.1) is 5.75 Å². The molecule has 148 valence electrons. The van der Waals surface area contributed by atoms with Gasteiger partial charge in [0.1, 0.15) is 5.37 Å². The molecule has 4 nitrogen and oxygen atoms in total. The van der Waals surface area contributed by atoms with Gasteiger partial charge in [0.2, 0.25) is 11.8 Å². The van der Waals surface area contributed by atoms with Crippen LogP contribution in [0.4, 0.5) is 11.4 Å². The van der Waals surface area contributed by atoms with Gasteiger partial charge in [-0.15, -0.1) is 11.8 Å². The summed E-state index contributed by atoms with van der Waals surface area (Å²) in [6, 6.07) is 15.9. The van der Waals surface area contributed by atoms with E-state index in [1.54, 1.807) is 11.8 Å². The van der Waals surface area contributed by atoms with Gasteiger partial charge in [-0.05, 0) is 30.0 Å². The third-order valence-corrected chi connectivity index (χ3v) is 6.14. The number of anilines is 2. The van der Waals surface area contributed by atoms with Crippen LogP contribution in [-0.2, 0) is 9.59 Å². The fraction of sp³-hybridized carbons (Fsp3) is 0.391. The predicted molar refractivity (Wildman–Crippen MR) is 118 cm³/mol. The molecule has 1 heterocycles. The molecular formula is C23H28N2O2S. The van der Waals surface area contributed by atoms with Gasteiger partial charge in [0, 0.05) is 23.4 Å². The van der Waals surface area contributed by atoms with Crippen molar-refractivity contribution in [3.05, 3.63) is 59.7 Å². The number of hydrogen-bond donors (Lipinski definition) is 1. The largest absolute Gasteiger partial charge is 0.326 e. The first kappa shape index (κ1) is 20.5. The number of benzene rings is 2. The Morgan fingerprint density at radius 2 is 1.89 bits per heavy atom. The van der Waals surface area contributed by atoms with Crippen LogP contribution >= 0.6 is 11.8 Å². The second kappa shape index (κ2) is 9.28. The van der Waals surface area contributed by atoms with Gasteiger partial charge in [0.15, 0.2) is 0 Å². The molecule has 2 amide bonds. The van der Waals surface area contributed by atoms with E-state index in [0.717, 1.165) is 35.3 Å². The molecule has 1 fully saturated rings. The van der Waals surface area contributed by atoms with Crippen molar-refractivity contribution >= 4 is 35.0 Å². The molecule has 3 rings (SSSR count). The first-order chi connectivity index (χ1) is 13.5. The van der Waals surface area contributed by atoms with Gasteiger partial charge in [-0.3, -0.25) is 14.5 Å². The van der Waals surface area contributed by atoms with Gasteiger partial charge in [0.25, 0.3) is 0 Å². The highest BCUT2D eigenvalue weighted by Gasteiger charge is 2.36. The smallest absolute Gasteiger partial charge is 0.238 e. The number of rotatable bonds is 7. The molecular weight excluding hydrogens is 368 g/mol. The lowest BCUT2D eigenvalue weighted by Gasteiger charge is -2.29. The lowest BCUT2D eigenvalue weighted by Crippen LogP contribution is -2.29. The van der Waals surface area contributed by atoms with Crippen LogP contribution in [0.15, 0.2) is 48.5 Å². The van der Waals surface area contributed by atoms with Crippen LogP contribution in [0.25, 0.3) is 0 Å². The van der Waals surface area contributed by atoms with E-state index in [-0.39, 0.29) is 17.2 Å². The van der Waals surface area contributed by atoms with Crippen LogP contribution < -0.4 is 10.2 Å². The van der Waals surface area contributed by atoms with Gasteiger partial charge in [-0.2, -0.15) is 0 Å². The standard InChI is InChI=1S/C23H28N2O2S/c1-4-5-14-21(26)24-19-12-8-6-11-18(19)23-25(22(27)15-28-23)20-13-9-7-10-17(20)16(2)3/h6-13,16,23H,4-5,14-15H2,1-3H3,(H,24,26). The lowest BCUT2D eigenvalue weighted by molar-refractivity contribution is -0.116. The third kappa shape index (κ3) is 4.41. The molecule has 1 unspecified atom stereocenters. The molecule has 0 aliphatic carbocycles. The van der Waals surface area contributed by atoms with E-state index in [4.69, 9.17) is 0 Å². The average Bonchev–Trinajstić information content (AvgIpc) is 3.07. The molecule has 0 aromatic heterocycles. The van der Waals surface area contributed by atoms with Crippen LogP contribution in [0.2, 0.25) is 0 Å². The average molecular weight is 397 g/mol. The molecule has 1 aliphatic rings. The molecule has 2 aromatic rings. The van der Waals surface area contributed by atoms with E-state index < -0.39 is 0 Å². The molecule has 0 saturated carbocycles. The van der Waals surface area contributed by atoms with Crippen molar-refractivity contribution < 1.29 is 9.59 Å². The zero-order valence-corrected chi connectivity index (χ0v) is 17.6. The van der Waals surface area contributed by atoms with Crippen molar-refractivity contribution in [2.24, 2.45) is 0 Å². The number of carbonyl (C=O) groups excluding carboxylic acids is 2. The fourth-order valence-electron chi connectivity index (χ4n) is 3.49. The maximum atomic E-state index is 12.8. The van der Waals surface area contributed by atoms with Gasteiger partial charge < -0.3 is 5.32 Å². The second-order valence-electron chi connectivity index (χ2n) is 7.38. The minimum atomic E-state index is -0.143. The maximum Gasteiger partial charge on any atom is 0.238 e. The van der Waals surface area contributed by atoms with E-state index >= 15 is 0 Å². The Morgan fingerprint density at radius 3 is 2.64 bits per heavy atom. The minimum Gasteiger partial charge on any atom is -0.326 e. The molecule has 0 bridgehead atoms. The Morgan fingerprint density at radius 1 is 1.18 bits per heavy atom. The molecule has 1 atom stereocenters. The summed E-state index contributed by atoms with van der Waals surface area (Å²) in [5.74, 6) is 0.891. The summed E-state index contributed by atoms with van der Waals surface area (Å²) >= 11 is 1.61. The predicted octanol–water partition coefficient (Wildman–Crippen LogP) is 5.72. The number of para-hydroxylation sites is 2. The quantitative estimate of drug-likeness (QED) is 0.651. The van der Waals surface area contributed by atoms with E-state index in [0.29, 0.717) is 18.1 Å². The zero-order valence-electron chi connectivity index (χ0n) is 16.8. The number of carbonyl (C=O) groups is 2. The summed E-state index contributed by atoms with van der Waals surface area (Å²) < 4.78 is 0. The molecule has 0 spiro atoms. The van der Waals surface area contributed by atoms with Gasteiger partial charge in [-0.25, -0.2) is 0 Å². The van der Waals surface area contributed by atoms with Crippen molar-refractivity contribution in [1.82, 2.24) is 0 Å². The maximum absolute atomic E-state index is 12.8. The highest BCUT2D eigenvalue weighted by atomic mass is 32.2. The molecule has 28 heavy (non-hydrogen) atoms. The van der Waals surface area contributed by atoms with E-state index in [1.165, 1.54) is 0 Å².